The summed E-state index contributed by atoms with van der Waals surface area (Å²) in [6.45, 7) is 4.98. The van der Waals surface area contributed by atoms with Crippen molar-refractivity contribution in [2.75, 3.05) is 9.66 Å². The van der Waals surface area contributed by atoms with Crippen molar-refractivity contribution in [3.05, 3.63) is 23.8 Å². The molecule has 1 aliphatic rings. The van der Waals surface area contributed by atoms with Gasteiger partial charge in [-0.2, -0.15) is 0 Å². The summed E-state index contributed by atoms with van der Waals surface area (Å²) in [6.07, 6.45) is 1.53. The topological polar surface area (TPSA) is 16.1 Å². The Morgan fingerprint density at radius 2 is 2.31 bits per heavy atom. The molecule has 1 aromatic heterocycles. The second kappa shape index (κ2) is 2.80. The number of fused-ring (bicyclic) bond motifs is 1. The van der Waals surface area contributed by atoms with Crippen molar-refractivity contribution in [1.29, 1.82) is 0 Å². The molecule has 0 radical (unpaired) electrons. The number of pyridine rings is 1. The highest BCUT2D eigenvalue weighted by atomic mass is 127. The Bertz CT molecular complexity index is 351. The predicted octanol–water partition coefficient (Wildman–Crippen LogP) is 2.67. The number of hydrogen-bond donors (Lipinski definition) is 0. The lowest BCUT2D eigenvalue weighted by Gasteiger charge is -2.16. The smallest absolute Gasteiger partial charge is 0.150 e. The van der Waals surface area contributed by atoms with Crippen molar-refractivity contribution in [3.8, 4) is 0 Å². The summed E-state index contributed by atoms with van der Waals surface area (Å²) in [5.41, 5.74) is 1.47. The molecule has 0 spiro atoms. The van der Waals surface area contributed by atoms with Crippen LogP contribution in [0.2, 0.25) is 0 Å². The molecule has 0 amide bonds. The zero-order valence-electron chi connectivity index (χ0n) is 7.51. The van der Waals surface area contributed by atoms with E-state index in [0.717, 1.165) is 12.2 Å². The lowest BCUT2D eigenvalue weighted by Crippen LogP contribution is -2.22. The third-order valence-electron chi connectivity index (χ3n) is 2.29. The number of aromatic nitrogens is 1. The van der Waals surface area contributed by atoms with Crippen molar-refractivity contribution >= 4 is 28.6 Å². The van der Waals surface area contributed by atoms with E-state index in [0.29, 0.717) is 5.69 Å². The van der Waals surface area contributed by atoms with E-state index in [4.69, 9.17) is 0 Å². The Balaban J connectivity index is 2.65. The molecule has 13 heavy (non-hydrogen) atoms. The molecular weight excluding hydrogens is 282 g/mol. The van der Waals surface area contributed by atoms with E-state index in [1.807, 2.05) is 3.11 Å². The van der Waals surface area contributed by atoms with Gasteiger partial charge in [0.1, 0.15) is 5.69 Å². The molecule has 70 valence electrons. The Labute approximate surface area is 90.6 Å². The van der Waals surface area contributed by atoms with E-state index in [2.05, 4.69) is 41.7 Å². The molecule has 0 saturated carbocycles. The fourth-order valence-corrected chi connectivity index (χ4v) is 2.97. The van der Waals surface area contributed by atoms with Gasteiger partial charge >= 0.3 is 0 Å². The van der Waals surface area contributed by atoms with E-state index < -0.39 is 0 Å². The van der Waals surface area contributed by atoms with Crippen molar-refractivity contribution in [2.45, 2.75) is 19.3 Å². The normalized spacial score (nSPS) is 18.9. The molecule has 2 rings (SSSR count). The Kier molecular flexibility index (Phi) is 1.98. The van der Waals surface area contributed by atoms with Gasteiger partial charge in [0.25, 0.3) is 0 Å². The minimum Gasteiger partial charge on any atom is -0.310 e. The third kappa shape index (κ3) is 1.31. The van der Waals surface area contributed by atoms with Gasteiger partial charge in [0.15, 0.2) is 5.82 Å². The van der Waals surface area contributed by atoms with Gasteiger partial charge < -0.3 is 3.11 Å². The number of nitrogens with zero attached hydrogens (tertiary/aromatic N) is 2. The molecule has 4 heteroatoms. The van der Waals surface area contributed by atoms with Gasteiger partial charge in [-0.15, -0.1) is 0 Å². The van der Waals surface area contributed by atoms with E-state index >= 15 is 0 Å². The highest BCUT2D eigenvalue weighted by Crippen LogP contribution is 2.41. The van der Waals surface area contributed by atoms with Crippen LogP contribution in [0.3, 0.4) is 0 Å². The number of halogens is 2. The SMILES string of the molecule is CC1(C)CN(I)c2c(F)ccnc21. The number of rotatable bonds is 0. The molecule has 0 N–H and O–H groups in total. The van der Waals surface area contributed by atoms with Crippen molar-refractivity contribution < 1.29 is 4.39 Å². The maximum absolute atomic E-state index is 13.4. The Morgan fingerprint density at radius 3 is 2.92 bits per heavy atom. The first kappa shape index (κ1) is 9.18. The van der Waals surface area contributed by atoms with Gasteiger partial charge in [0.2, 0.25) is 0 Å². The molecule has 0 saturated heterocycles. The summed E-state index contributed by atoms with van der Waals surface area (Å²) < 4.78 is 15.3. The van der Waals surface area contributed by atoms with Crippen molar-refractivity contribution in [2.24, 2.45) is 0 Å². The largest absolute Gasteiger partial charge is 0.310 e. The molecule has 1 aromatic rings. The van der Waals surface area contributed by atoms with Crippen LogP contribution in [0.4, 0.5) is 10.1 Å². The van der Waals surface area contributed by atoms with Crippen molar-refractivity contribution in [1.82, 2.24) is 4.98 Å². The fraction of sp³-hybridized carbons (Fsp3) is 0.444. The molecule has 2 heterocycles. The average molecular weight is 292 g/mol. The molecule has 0 bridgehead atoms. The summed E-state index contributed by atoms with van der Waals surface area (Å²) in [4.78, 5) is 4.24. The second-order valence-corrected chi connectivity index (χ2v) is 5.06. The molecule has 0 fully saturated rings. The maximum atomic E-state index is 13.4. The van der Waals surface area contributed by atoms with Crippen LogP contribution in [0, 0.1) is 5.82 Å². The fourth-order valence-electron chi connectivity index (χ4n) is 1.66. The van der Waals surface area contributed by atoms with Crippen LogP contribution in [-0.4, -0.2) is 11.5 Å². The summed E-state index contributed by atoms with van der Waals surface area (Å²) in [5.74, 6) is -0.176. The van der Waals surface area contributed by atoms with Crippen molar-refractivity contribution in [3.63, 3.8) is 0 Å². The third-order valence-corrected chi connectivity index (χ3v) is 3.12. The first-order chi connectivity index (χ1) is 6.02. The maximum Gasteiger partial charge on any atom is 0.150 e. The molecular formula is C9H10FIN2. The summed E-state index contributed by atoms with van der Waals surface area (Å²) >= 11 is 2.13. The quantitative estimate of drug-likeness (QED) is 0.540. The molecule has 0 aromatic carbocycles. The standard InChI is InChI=1S/C9H10FIN2/c1-9(2)5-13(11)7-6(10)3-4-12-8(7)9/h3-4H,5H2,1-2H3. The highest BCUT2D eigenvalue weighted by molar-refractivity contribution is 14.1. The summed E-state index contributed by atoms with van der Waals surface area (Å²) in [5, 5.41) is 0. The Morgan fingerprint density at radius 1 is 1.62 bits per heavy atom. The average Bonchev–Trinajstić information content (AvgIpc) is 2.24. The highest BCUT2D eigenvalue weighted by Gasteiger charge is 2.37. The van der Waals surface area contributed by atoms with E-state index in [1.54, 1.807) is 0 Å². The number of hydrogen-bond acceptors (Lipinski definition) is 2. The lowest BCUT2D eigenvalue weighted by molar-refractivity contribution is 0.561. The van der Waals surface area contributed by atoms with Crippen LogP contribution in [0.5, 0.6) is 0 Å². The molecule has 2 nitrogen and oxygen atoms in total. The number of anilines is 1. The second-order valence-electron chi connectivity index (χ2n) is 3.89. The first-order valence-electron chi connectivity index (χ1n) is 4.11. The van der Waals surface area contributed by atoms with Gasteiger partial charge in [0.05, 0.1) is 28.6 Å². The van der Waals surface area contributed by atoms with Crippen LogP contribution >= 0.6 is 22.9 Å². The molecule has 0 unspecified atom stereocenters. The monoisotopic (exact) mass is 292 g/mol. The van der Waals surface area contributed by atoms with Gasteiger partial charge in [-0.25, -0.2) is 4.39 Å². The lowest BCUT2D eigenvalue weighted by atomic mass is 9.91. The van der Waals surface area contributed by atoms with E-state index in [9.17, 15) is 4.39 Å². The van der Waals surface area contributed by atoms with Crippen LogP contribution < -0.4 is 3.11 Å². The van der Waals surface area contributed by atoms with Crippen LogP contribution in [0.15, 0.2) is 12.3 Å². The molecule has 1 aliphatic heterocycles. The molecule has 0 atom stereocenters. The van der Waals surface area contributed by atoms with Gasteiger partial charge in [-0.05, 0) is 6.07 Å². The summed E-state index contributed by atoms with van der Waals surface area (Å²) in [6, 6.07) is 1.41. The predicted molar refractivity (Wildman–Crippen MR) is 58.6 cm³/mol. The van der Waals surface area contributed by atoms with Gasteiger partial charge in [-0.1, -0.05) is 13.8 Å². The molecule has 0 aliphatic carbocycles. The van der Waals surface area contributed by atoms with Gasteiger partial charge in [-0.3, -0.25) is 4.98 Å². The van der Waals surface area contributed by atoms with Crippen LogP contribution in [0.25, 0.3) is 0 Å². The minimum atomic E-state index is -0.176. The van der Waals surface area contributed by atoms with Crippen LogP contribution in [-0.2, 0) is 5.41 Å². The Hall–Kier alpha value is -0.390. The van der Waals surface area contributed by atoms with Crippen LogP contribution in [0.1, 0.15) is 19.5 Å². The first-order valence-corrected chi connectivity index (χ1v) is 5.07. The zero-order chi connectivity index (χ0) is 9.64. The summed E-state index contributed by atoms with van der Waals surface area (Å²) in [7, 11) is 0. The zero-order valence-corrected chi connectivity index (χ0v) is 9.67. The van der Waals surface area contributed by atoms with E-state index in [1.165, 1.54) is 12.3 Å². The minimum absolute atomic E-state index is 0.0430. The van der Waals surface area contributed by atoms with E-state index in [-0.39, 0.29) is 11.2 Å². The van der Waals surface area contributed by atoms with Gasteiger partial charge in [0, 0.05) is 18.2 Å².